The molecule has 0 amide bonds. The lowest BCUT2D eigenvalue weighted by molar-refractivity contribution is -0.146. The molecule has 2 aromatic carbocycles. The highest BCUT2D eigenvalue weighted by Crippen LogP contribution is 2.23. The molecule has 7 heteroatoms. The van der Waals surface area contributed by atoms with E-state index in [9.17, 15) is 14.7 Å². The second-order valence-corrected chi connectivity index (χ2v) is 5.31. The van der Waals surface area contributed by atoms with Crippen LogP contribution in [0.1, 0.15) is 16.7 Å². The van der Waals surface area contributed by atoms with Crippen molar-refractivity contribution in [3.63, 3.8) is 0 Å². The fourth-order valence-electron chi connectivity index (χ4n) is 1.99. The third-order valence-electron chi connectivity index (χ3n) is 3.21. The Morgan fingerprint density at radius 2 is 1.92 bits per heavy atom. The molecule has 0 heterocycles. The van der Waals surface area contributed by atoms with Gasteiger partial charge in [-0.15, -0.1) is 0 Å². The van der Waals surface area contributed by atoms with E-state index in [4.69, 9.17) is 26.7 Å². The van der Waals surface area contributed by atoms with E-state index in [1.165, 1.54) is 12.1 Å². The topological polar surface area (TPSA) is 108 Å². The number of carboxylic acids is 1. The number of aliphatic hydroxyl groups is 1. The predicted octanol–water partition coefficient (Wildman–Crippen LogP) is 3.34. The Morgan fingerprint density at radius 3 is 2.60 bits per heavy atom. The second-order valence-electron chi connectivity index (χ2n) is 4.90. The number of ether oxygens (including phenoxy) is 1. The Kier molecular flexibility index (Phi) is 5.77. The Bertz CT molecular complexity index is 899. The Hall–Kier alpha value is -3.30. The Labute approximate surface area is 148 Å². The van der Waals surface area contributed by atoms with Crippen molar-refractivity contribution in [3.05, 3.63) is 70.3 Å². The van der Waals surface area contributed by atoms with E-state index in [1.807, 2.05) is 6.07 Å². The van der Waals surface area contributed by atoms with Crippen LogP contribution in [0, 0.1) is 11.3 Å². The summed E-state index contributed by atoms with van der Waals surface area (Å²) in [6.45, 7) is 0.0748. The van der Waals surface area contributed by atoms with Crippen molar-refractivity contribution in [2.24, 2.45) is 0 Å². The van der Waals surface area contributed by atoms with Gasteiger partial charge in [-0.05, 0) is 18.2 Å². The van der Waals surface area contributed by atoms with Gasteiger partial charge >= 0.3 is 5.97 Å². The third-order valence-corrected chi connectivity index (χ3v) is 3.53. The average Bonchev–Trinajstić information content (AvgIpc) is 2.60. The molecule has 25 heavy (non-hydrogen) atoms. The highest BCUT2D eigenvalue weighted by Gasteiger charge is 2.11. The number of hydrogen-bond acceptors (Lipinski definition) is 5. The van der Waals surface area contributed by atoms with Crippen LogP contribution in [0.3, 0.4) is 0 Å². The molecule has 0 aliphatic heterocycles. The van der Waals surface area contributed by atoms with E-state index >= 15 is 0 Å². The fourth-order valence-corrected chi connectivity index (χ4v) is 2.23. The van der Waals surface area contributed by atoms with Crippen molar-refractivity contribution >= 4 is 29.1 Å². The number of hydrogen-bond donors (Lipinski definition) is 2. The molecule has 2 rings (SSSR count). The molecule has 0 unspecified atom stereocenters. The van der Waals surface area contributed by atoms with Crippen LogP contribution in [0.15, 0.2) is 48.5 Å². The van der Waals surface area contributed by atoms with Crippen LogP contribution in [0.2, 0.25) is 5.02 Å². The van der Waals surface area contributed by atoms with Gasteiger partial charge < -0.3 is 14.9 Å². The summed E-state index contributed by atoms with van der Waals surface area (Å²) in [5.41, 5.74) is 1.13. The van der Waals surface area contributed by atoms with E-state index in [-0.39, 0.29) is 12.2 Å². The van der Waals surface area contributed by atoms with Gasteiger partial charge in [0.25, 0.3) is 5.78 Å². The van der Waals surface area contributed by atoms with Gasteiger partial charge in [0, 0.05) is 17.2 Å². The number of aliphatic hydroxyl groups excluding tert-OH is 1. The van der Waals surface area contributed by atoms with Gasteiger partial charge in [-0.25, -0.2) is 4.79 Å². The zero-order valence-electron chi connectivity index (χ0n) is 12.8. The fraction of sp³-hybridized carbons (Fsp3) is 0.0556. The first-order valence-corrected chi connectivity index (χ1v) is 7.39. The molecule has 0 saturated carbocycles. The molecular weight excluding hydrogens is 346 g/mol. The van der Waals surface area contributed by atoms with Gasteiger partial charge in [-0.1, -0.05) is 35.9 Å². The number of ketones is 1. The second kappa shape index (κ2) is 7.99. The molecule has 0 aliphatic rings. The Balaban J connectivity index is 2.18. The SMILES string of the molecule is N#Cc1c(Cl)cccc1COc1cccc(/C(O)=C/C(=O)C(=O)O)c1. The van der Waals surface area contributed by atoms with E-state index in [0.29, 0.717) is 28.0 Å². The van der Waals surface area contributed by atoms with E-state index in [0.717, 1.165) is 0 Å². The Morgan fingerprint density at radius 1 is 1.20 bits per heavy atom. The van der Waals surface area contributed by atoms with Crippen molar-refractivity contribution < 1.29 is 24.5 Å². The van der Waals surface area contributed by atoms with Crippen LogP contribution >= 0.6 is 11.6 Å². The van der Waals surface area contributed by atoms with Crippen molar-refractivity contribution in [2.45, 2.75) is 6.61 Å². The van der Waals surface area contributed by atoms with Gasteiger partial charge in [-0.2, -0.15) is 5.26 Å². The smallest absolute Gasteiger partial charge is 0.376 e. The number of rotatable bonds is 6. The number of nitrogens with zero attached hydrogens (tertiary/aromatic N) is 1. The lowest BCUT2D eigenvalue weighted by atomic mass is 10.1. The molecule has 2 N–H and O–H groups in total. The lowest BCUT2D eigenvalue weighted by Crippen LogP contribution is -2.09. The molecule has 126 valence electrons. The zero-order valence-corrected chi connectivity index (χ0v) is 13.5. The van der Waals surface area contributed by atoms with Crippen molar-refractivity contribution in [1.29, 1.82) is 5.26 Å². The molecule has 6 nitrogen and oxygen atoms in total. The lowest BCUT2D eigenvalue weighted by Gasteiger charge is -2.09. The molecule has 0 aliphatic carbocycles. The molecule has 0 radical (unpaired) electrons. The maximum absolute atomic E-state index is 11.1. The first kappa shape index (κ1) is 18.0. The molecular formula is C18H12ClNO5. The number of nitriles is 1. The normalized spacial score (nSPS) is 10.8. The first-order valence-electron chi connectivity index (χ1n) is 7.01. The van der Waals surface area contributed by atoms with Crippen LogP contribution in [0.4, 0.5) is 0 Å². The maximum atomic E-state index is 11.1. The summed E-state index contributed by atoms with van der Waals surface area (Å²) >= 11 is 5.95. The largest absolute Gasteiger partial charge is 0.507 e. The summed E-state index contributed by atoms with van der Waals surface area (Å²) in [6, 6.07) is 13.1. The highest BCUT2D eigenvalue weighted by molar-refractivity contribution is 6.38. The summed E-state index contributed by atoms with van der Waals surface area (Å²) in [7, 11) is 0. The van der Waals surface area contributed by atoms with Crippen LogP contribution in [0.5, 0.6) is 5.75 Å². The number of benzene rings is 2. The molecule has 0 atom stereocenters. The van der Waals surface area contributed by atoms with Crippen LogP contribution in [0.25, 0.3) is 5.76 Å². The van der Waals surface area contributed by atoms with Gasteiger partial charge in [0.15, 0.2) is 0 Å². The molecule has 0 aromatic heterocycles. The quantitative estimate of drug-likeness (QED) is 0.466. The third kappa shape index (κ3) is 4.59. The summed E-state index contributed by atoms with van der Waals surface area (Å²) in [6.07, 6.45) is 0.617. The standard InChI is InChI=1S/C18H12ClNO5/c19-15-6-2-4-12(14(15)9-20)10-25-13-5-1-3-11(7-13)16(21)8-17(22)18(23)24/h1-8,21H,10H2,(H,23,24)/b16-8-. The molecule has 0 fully saturated rings. The zero-order chi connectivity index (χ0) is 18.4. The number of carbonyl (C=O) groups is 2. The summed E-state index contributed by atoms with van der Waals surface area (Å²) in [5, 5.41) is 27.8. The monoisotopic (exact) mass is 357 g/mol. The summed E-state index contributed by atoms with van der Waals surface area (Å²) < 4.78 is 5.58. The number of aliphatic carboxylic acids is 1. The minimum Gasteiger partial charge on any atom is -0.507 e. The molecule has 0 bridgehead atoms. The van der Waals surface area contributed by atoms with Crippen LogP contribution < -0.4 is 4.74 Å². The van der Waals surface area contributed by atoms with E-state index in [2.05, 4.69) is 0 Å². The van der Waals surface area contributed by atoms with Gasteiger partial charge in [-0.3, -0.25) is 4.79 Å². The van der Waals surface area contributed by atoms with Gasteiger partial charge in [0.05, 0.1) is 10.6 Å². The van der Waals surface area contributed by atoms with Gasteiger partial charge in [0.2, 0.25) is 0 Å². The summed E-state index contributed by atoms with van der Waals surface area (Å²) in [4.78, 5) is 21.6. The van der Waals surface area contributed by atoms with Gasteiger partial charge in [0.1, 0.15) is 24.2 Å². The van der Waals surface area contributed by atoms with Crippen molar-refractivity contribution in [1.82, 2.24) is 0 Å². The van der Waals surface area contributed by atoms with Crippen LogP contribution in [-0.2, 0) is 16.2 Å². The van der Waals surface area contributed by atoms with Crippen molar-refractivity contribution in [2.75, 3.05) is 0 Å². The van der Waals surface area contributed by atoms with E-state index in [1.54, 1.807) is 30.3 Å². The molecule has 2 aromatic rings. The predicted molar refractivity (Wildman–Crippen MR) is 90.2 cm³/mol. The highest BCUT2D eigenvalue weighted by atomic mass is 35.5. The van der Waals surface area contributed by atoms with Crippen LogP contribution in [-0.4, -0.2) is 22.0 Å². The first-order chi connectivity index (χ1) is 11.9. The average molecular weight is 358 g/mol. The summed E-state index contributed by atoms with van der Waals surface area (Å²) in [5.74, 6) is -3.02. The molecule has 0 spiro atoms. The number of carbonyl (C=O) groups excluding carboxylic acids is 1. The number of carboxylic acid groups (broad SMARTS) is 1. The van der Waals surface area contributed by atoms with Crippen molar-refractivity contribution in [3.8, 4) is 11.8 Å². The minimum atomic E-state index is -1.66. The number of halogens is 1. The molecule has 0 saturated heterocycles. The minimum absolute atomic E-state index is 0.0748. The maximum Gasteiger partial charge on any atom is 0.376 e. The van der Waals surface area contributed by atoms with E-state index < -0.39 is 17.5 Å².